The lowest BCUT2D eigenvalue weighted by molar-refractivity contribution is 0.794. The van der Waals surface area contributed by atoms with E-state index in [0.29, 0.717) is 0 Å². The van der Waals surface area contributed by atoms with Gasteiger partial charge in [-0.25, -0.2) is 0 Å². The molecule has 2 heterocycles. The van der Waals surface area contributed by atoms with Crippen LogP contribution in [0.15, 0.2) is 29.3 Å². The second-order valence-corrected chi connectivity index (χ2v) is 4.61. The zero-order valence-corrected chi connectivity index (χ0v) is 9.29. The highest BCUT2D eigenvalue weighted by atomic mass is 32.2. The van der Waals surface area contributed by atoms with Crippen molar-refractivity contribution >= 4 is 27.7 Å². The van der Waals surface area contributed by atoms with E-state index in [1.807, 2.05) is 23.9 Å². The van der Waals surface area contributed by atoms with Crippen LogP contribution in [0.5, 0.6) is 0 Å². The molecule has 0 saturated heterocycles. The molecule has 0 unspecified atom stereocenters. The van der Waals surface area contributed by atoms with Crippen LogP contribution in [0.4, 0.5) is 0 Å². The van der Waals surface area contributed by atoms with Crippen LogP contribution >= 0.6 is 11.8 Å². The standard InChI is InChI=1S/C11H11N3S/c1-14-9-5-3-2-4-8(9)10(13-14)11-12-6-7-15-11/h2-5H,6-7H2,1H3. The molecule has 0 radical (unpaired) electrons. The molecule has 0 N–H and O–H groups in total. The molecule has 3 rings (SSSR count). The first-order valence-corrected chi connectivity index (χ1v) is 5.94. The quantitative estimate of drug-likeness (QED) is 0.732. The summed E-state index contributed by atoms with van der Waals surface area (Å²) in [6.07, 6.45) is 0. The van der Waals surface area contributed by atoms with Gasteiger partial charge in [-0.15, -0.1) is 11.8 Å². The average Bonchev–Trinajstić information content (AvgIpc) is 2.87. The zero-order chi connectivity index (χ0) is 10.3. The highest BCUT2D eigenvalue weighted by molar-refractivity contribution is 8.14. The lowest BCUT2D eigenvalue weighted by atomic mass is 10.2. The van der Waals surface area contributed by atoms with Crippen molar-refractivity contribution in [1.82, 2.24) is 9.78 Å². The number of rotatable bonds is 1. The van der Waals surface area contributed by atoms with Gasteiger partial charge in [-0.2, -0.15) is 5.10 Å². The number of fused-ring (bicyclic) bond motifs is 1. The third kappa shape index (κ3) is 1.36. The molecular formula is C11H11N3S. The van der Waals surface area contributed by atoms with E-state index < -0.39 is 0 Å². The van der Waals surface area contributed by atoms with E-state index in [1.165, 1.54) is 10.9 Å². The van der Waals surface area contributed by atoms with Crippen molar-refractivity contribution in [3.8, 4) is 0 Å². The van der Waals surface area contributed by atoms with E-state index in [0.717, 1.165) is 23.0 Å². The number of benzene rings is 1. The van der Waals surface area contributed by atoms with Crippen molar-refractivity contribution in [3.05, 3.63) is 30.0 Å². The minimum atomic E-state index is 0.922. The van der Waals surface area contributed by atoms with E-state index in [9.17, 15) is 0 Å². The van der Waals surface area contributed by atoms with Crippen LogP contribution in [0.25, 0.3) is 10.9 Å². The fourth-order valence-corrected chi connectivity index (χ4v) is 2.70. The second-order valence-electron chi connectivity index (χ2n) is 3.52. The Morgan fingerprint density at radius 1 is 1.33 bits per heavy atom. The summed E-state index contributed by atoms with van der Waals surface area (Å²) >= 11 is 1.80. The Morgan fingerprint density at radius 2 is 2.20 bits per heavy atom. The first-order chi connectivity index (χ1) is 7.36. The summed E-state index contributed by atoms with van der Waals surface area (Å²) in [4.78, 5) is 4.47. The maximum absolute atomic E-state index is 4.54. The minimum absolute atomic E-state index is 0.922. The Morgan fingerprint density at radius 3 is 3.00 bits per heavy atom. The molecule has 2 aromatic rings. The lowest BCUT2D eigenvalue weighted by Crippen LogP contribution is -1.96. The Balaban J connectivity index is 2.26. The molecule has 1 aromatic heterocycles. The van der Waals surface area contributed by atoms with Crippen molar-refractivity contribution < 1.29 is 0 Å². The fraction of sp³-hybridized carbons (Fsp3) is 0.273. The molecule has 0 spiro atoms. The van der Waals surface area contributed by atoms with Crippen LogP contribution in [0.3, 0.4) is 0 Å². The number of aromatic nitrogens is 2. The van der Waals surface area contributed by atoms with Gasteiger partial charge in [0.1, 0.15) is 10.7 Å². The molecule has 0 atom stereocenters. The molecule has 76 valence electrons. The molecule has 1 aromatic carbocycles. The van der Waals surface area contributed by atoms with Crippen LogP contribution in [0.2, 0.25) is 0 Å². The topological polar surface area (TPSA) is 30.2 Å². The van der Waals surface area contributed by atoms with E-state index in [4.69, 9.17) is 0 Å². The summed E-state index contributed by atoms with van der Waals surface area (Å²) in [6, 6.07) is 8.29. The van der Waals surface area contributed by atoms with Crippen LogP contribution in [-0.2, 0) is 7.05 Å². The molecule has 1 aliphatic heterocycles. The van der Waals surface area contributed by atoms with Gasteiger partial charge in [0.15, 0.2) is 0 Å². The smallest absolute Gasteiger partial charge is 0.125 e. The zero-order valence-electron chi connectivity index (χ0n) is 8.47. The summed E-state index contributed by atoms with van der Waals surface area (Å²) in [5.74, 6) is 1.08. The van der Waals surface area contributed by atoms with Crippen molar-refractivity contribution in [3.63, 3.8) is 0 Å². The monoisotopic (exact) mass is 217 g/mol. The van der Waals surface area contributed by atoms with Crippen LogP contribution in [-0.4, -0.2) is 27.1 Å². The highest BCUT2D eigenvalue weighted by Gasteiger charge is 2.16. The van der Waals surface area contributed by atoms with Gasteiger partial charge in [0.2, 0.25) is 0 Å². The predicted molar refractivity (Wildman–Crippen MR) is 64.6 cm³/mol. The third-order valence-corrected chi connectivity index (χ3v) is 3.53. The van der Waals surface area contributed by atoms with Crippen LogP contribution < -0.4 is 0 Å². The fourth-order valence-electron chi connectivity index (χ4n) is 1.85. The van der Waals surface area contributed by atoms with Crippen molar-refractivity contribution in [2.75, 3.05) is 12.3 Å². The summed E-state index contributed by atoms with van der Waals surface area (Å²) in [6.45, 7) is 0.922. The largest absolute Gasteiger partial charge is 0.275 e. The van der Waals surface area contributed by atoms with Crippen molar-refractivity contribution in [1.29, 1.82) is 0 Å². The number of para-hydroxylation sites is 1. The van der Waals surface area contributed by atoms with E-state index >= 15 is 0 Å². The Kier molecular flexibility index (Phi) is 2.02. The molecule has 0 amide bonds. The lowest BCUT2D eigenvalue weighted by Gasteiger charge is -1.93. The van der Waals surface area contributed by atoms with Crippen molar-refractivity contribution in [2.45, 2.75) is 0 Å². The number of thioether (sulfide) groups is 1. The summed E-state index contributed by atoms with van der Waals surface area (Å²) in [5.41, 5.74) is 2.21. The number of nitrogens with zero attached hydrogens (tertiary/aromatic N) is 3. The normalized spacial score (nSPS) is 15.9. The number of aryl methyl sites for hydroxylation is 1. The minimum Gasteiger partial charge on any atom is -0.275 e. The Hall–Kier alpha value is -1.29. The van der Waals surface area contributed by atoms with E-state index in [-0.39, 0.29) is 0 Å². The molecule has 15 heavy (non-hydrogen) atoms. The van der Waals surface area contributed by atoms with Gasteiger partial charge in [-0.05, 0) is 6.07 Å². The molecule has 0 saturated carbocycles. The first-order valence-electron chi connectivity index (χ1n) is 4.95. The number of aliphatic imine (C=N–C) groups is 1. The Labute approximate surface area is 92.2 Å². The van der Waals surface area contributed by atoms with Crippen LogP contribution in [0, 0.1) is 0 Å². The van der Waals surface area contributed by atoms with E-state index in [2.05, 4.69) is 22.2 Å². The Bertz CT molecular complexity index is 542. The van der Waals surface area contributed by atoms with Gasteiger partial charge in [0.25, 0.3) is 0 Å². The first kappa shape index (κ1) is 8.97. The molecule has 1 aliphatic rings. The molecule has 3 nitrogen and oxygen atoms in total. The maximum atomic E-state index is 4.54. The number of hydrogen-bond donors (Lipinski definition) is 0. The SMILES string of the molecule is Cn1nc(C2=NCCS2)c2ccccc21. The summed E-state index contributed by atoms with van der Waals surface area (Å²) < 4.78 is 1.92. The molecule has 0 bridgehead atoms. The van der Waals surface area contributed by atoms with Gasteiger partial charge in [0, 0.05) is 24.7 Å². The maximum Gasteiger partial charge on any atom is 0.125 e. The van der Waals surface area contributed by atoms with Gasteiger partial charge in [-0.1, -0.05) is 18.2 Å². The highest BCUT2D eigenvalue weighted by Crippen LogP contribution is 2.24. The summed E-state index contributed by atoms with van der Waals surface area (Å²) in [7, 11) is 1.98. The third-order valence-electron chi connectivity index (χ3n) is 2.55. The van der Waals surface area contributed by atoms with Crippen LogP contribution in [0.1, 0.15) is 5.69 Å². The predicted octanol–water partition coefficient (Wildman–Crippen LogP) is 2.07. The average molecular weight is 217 g/mol. The molecule has 0 aliphatic carbocycles. The van der Waals surface area contributed by atoms with Crippen molar-refractivity contribution in [2.24, 2.45) is 12.0 Å². The summed E-state index contributed by atoms with van der Waals surface area (Å²) in [5, 5.41) is 6.83. The van der Waals surface area contributed by atoms with E-state index in [1.54, 1.807) is 11.8 Å². The number of hydrogen-bond acceptors (Lipinski definition) is 3. The molecule has 4 heteroatoms. The molecular weight excluding hydrogens is 206 g/mol. The van der Waals surface area contributed by atoms with Gasteiger partial charge < -0.3 is 0 Å². The van der Waals surface area contributed by atoms with Gasteiger partial charge in [-0.3, -0.25) is 9.67 Å². The molecule has 0 fully saturated rings. The van der Waals surface area contributed by atoms with Gasteiger partial charge in [0.05, 0.1) is 5.52 Å². The second kappa shape index (κ2) is 3.38. The van der Waals surface area contributed by atoms with Gasteiger partial charge >= 0.3 is 0 Å².